The molecular weight excluding hydrogens is 392 g/mol. The lowest BCUT2D eigenvalue weighted by atomic mass is 10.0. The van der Waals surface area contributed by atoms with Crippen molar-refractivity contribution in [3.05, 3.63) is 59.2 Å². The van der Waals surface area contributed by atoms with Gasteiger partial charge in [0.15, 0.2) is 6.61 Å². The standard InChI is InChI=1S/C21H26N2O5S/c1-14(2)17-6-8-18(9-7-17)23-20(24)13-28-21(25)12-22-29(26,27)19-10-5-15(3)16(4)11-19/h5-11,14,22H,12-13H2,1-4H3,(H,23,24). The molecule has 0 spiro atoms. The van der Waals surface area contributed by atoms with Crippen LogP contribution in [0.25, 0.3) is 0 Å². The summed E-state index contributed by atoms with van der Waals surface area (Å²) in [6.45, 7) is 6.75. The van der Waals surface area contributed by atoms with Crippen LogP contribution in [0.15, 0.2) is 47.4 Å². The van der Waals surface area contributed by atoms with E-state index in [0.717, 1.165) is 16.7 Å². The normalized spacial score (nSPS) is 11.3. The molecule has 0 bridgehead atoms. The van der Waals surface area contributed by atoms with Gasteiger partial charge in [0.1, 0.15) is 6.54 Å². The van der Waals surface area contributed by atoms with Gasteiger partial charge in [-0.05, 0) is 60.7 Å². The second-order valence-electron chi connectivity index (χ2n) is 7.06. The number of sulfonamides is 1. The number of benzene rings is 2. The number of hydrogen-bond acceptors (Lipinski definition) is 5. The molecule has 0 unspecified atom stereocenters. The molecule has 156 valence electrons. The number of aryl methyl sites for hydroxylation is 2. The number of hydrogen-bond donors (Lipinski definition) is 2. The van der Waals surface area contributed by atoms with E-state index in [2.05, 4.69) is 23.9 Å². The molecule has 0 atom stereocenters. The van der Waals surface area contributed by atoms with Crippen LogP contribution in [0.5, 0.6) is 0 Å². The van der Waals surface area contributed by atoms with Crippen LogP contribution in [0.4, 0.5) is 5.69 Å². The number of nitrogens with one attached hydrogen (secondary N) is 2. The zero-order chi connectivity index (χ0) is 21.6. The fraction of sp³-hybridized carbons (Fsp3) is 0.333. The van der Waals surface area contributed by atoms with E-state index in [1.54, 1.807) is 25.1 Å². The second kappa shape index (κ2) is 9.67. The molecule has 2 aromatic carbocycles. The maximum Gasteiger partial charge on any atom is 0.321 e. The highest BCUT2D eigenvalue weighted by Crippen LogP contribution is 2.17. The van der Waals surface area contributed by atoms with Crippen molar-refractivity contribution < 1.29 is 22.7 Å². The molecule has 2 rings (SSSR count). The second-order valence-corrected chi connectivity index (χ2v) is 8.82. The largest absolute Gasteiger partial charge is 0.455 e. The van der Waals surface area contributed by atoms with Gasteiger partial charge in [0.05, 0.1) is 4.90 Å². The molecule has 0 saturated heterocycles. The van der Waals surface area contributed by atoms with Gasteiger partial charge < -0.3 is 10.1 Å². The first kappa shape index (κ1) is 22.6. The Morgan fingerprint density at radius 2 is 1.66 bits per heavy atom. The van der Waals surface area contributed by atoms with Gasteiger partial charge in [0, 0.05) is 5.69 Å². The van der Waals surface area contributed by atoms with Crippen LogP contribution < -0.4 is 10.0 Å². The maximum atomic E-state index is 12.3. The van der Waals surface area contributed by atoms with Crippen LogP contribution in [-0.4, -0.2) is 33.4 Å². The fourth-order valence-electron chi connectivity index (χ4n) is 2.46. The highest BCUT2D eigenvalue weighted by Gasteiger charge is 2.17. The third-order valence-corrected chi connectivity index (χ3v) is 5.82. The van der Waals surface area contributed by atoms with E-state index in [4.69, 9.17) is 4.74 Å². The zero-order valence-corrected chi connectivity index (χ0v) is 17.8. The van der Waals surface area contributed by atoms with Crippen LogP contribution in [-0.2, 0) is 24.3 Å². The molecule has 0 saturated carbocycles. The summed E-state index contributed by atoms with van der Waals surface area (Å²) >= 11 is 0. The summed E-state index contributed by atoms with van der Waals surface area (Å²) in [5, 5.41) is 2.62. The third kappa shape index (κ3) is 6.69. The Hall–Kier alpha value is -2.71. The number of ether oxygens (including phenoxy) is 1. The molecule has 8 heteroatoms. The van der Waals surface area contributed by atoms with Gasteiger partial charge in [-0.2, -0.15) is 4.72 Å². The Morgan fingerprint density at radius 3 is 2.24 bits per heavy atom. The Balaban J connectivity index is 1.81. The van der Waals surface area contributed by atoms with Crippen LogP contribution in [0.3, 0.4) is 0 Å². The molecule has 0 aliphatic carbocycles. The van der Waals surface area contributed by atoms with Crippen molar-refractivity contribution in [2.24, 2.45) is 0 Å². The van der Waals surface area contributed by atoms with Gasteiger partial charge in [-0.3, -0.25) is 9.59 Å². The van der Waals surface area contributed by atoms with E-state index in [9.17, 15) is 18.0 Å². The van der Waals surface area contributed by atoms with Gasteiger partial charge >= 0.3 is 5.97 Å². The zero-order valence-electron chi connectivity index (χ0n) is 17.0. The summed E-state index contributed by atoms with van der Waals surface area (Å²) < 4.78 is 31.5. The molecule has 0 aliphatic heterocycles. The van der Waals surface area contributed by atoms with Crippen LogP contribution in [0.2, 0.25) is 0 Å². The highest BCUT2D eigenvalue weighted by atomic mass is 32.2. The van der Waals surface area contributed by atoms with Crippen molar-refractivity contribution >= 4 is 27.6 Å². The van der Waals surface area contributed by atoms with Gasteiger partial charge in [-0.1, -0.05) is 32.0 Å². The first-order valence-electron chi connectivity index (χ1n) is 9.21. The molecule has 1 amide bonds. The van der Waals surface area contributed by atoms with E-state index in [1.807, 2.05) is 19.1 Å². The molecule has 0 aliphatic rings. The van der Waals surface area contributed by atoms with Crippen molar-refractivity contribution in [2.75, 3.05) is 18.5 Å². The van der Waals surface area contributed by atoms with E-state index < -0.39 is 35.1 Å². The van der Waals surface area contributed by atoms with Crippen LogP contribution >= 0.6 is 0 Å². The van der Waals surface area contributed by atoms with Crippen molar-refractivity contribution in [2.45, 2.75) is 38.5 Å². The monoisotopic (exact) mass is 418 g/mol. The summed E-state index contributed by atoms with van der Waals surface area (Å²) in [7, 11) is -3.84. The van der Waals surface area contributed by atoms with E-state index in [0.29, 0.717) is 11.6 Å². The summed E-state index contributed by atoms with van der Waals surface area (Å²) in [4.78, 5) is 23.8. The minimum absolute atomic E-state index is 0.0657. The summed E-state index contributed by atoms with van der Waals surface area (Å²) in [5.41, 5.74) is 3.53. The molecular formula is C21H26N2O5S. The summed E-state index contributed by atoms with van der Waals surface area (Å²) in [5.74, 6) is -0.969. The number of anilines is 1. The predicted octanol–water partition coefficient (Wildman–Crippen LogP) is 2.89. The molecule has 0 heterocycles. The molecule has 7 nitrogen and oxygen atoms in total. The number of rotatable bonds is 8. The average molecular weight is 419 g/mol. The molecule has 0 radical (unpaired) electrons. The van der Waals surface area contributed by atoms with Crippen LogP contribution in [0, 0.1) is 13.8 Å². The van der Waals surface area contributed by atoms with Gasteiger partial charge in [-0.25, -0.2) is 8.42 Å². The summed E-state index contributed by atoms with van der Waals surface area (Å²) in [6.07, 6.45) is 0. The third-order valence-electron chi connectivity index (χ3n) is 4.42. The molecule has 2 aromatic rings. The van der Waals surface area contributed by atoms with Gasteiger partial charge in [0.2, 0.25) is 10.0 Å². The Bertz CT molecular complexity index is 983. The SMILES string of the molecule is Cc1ccc(S(=O)(=O)NCC(=O)OCC(=O)Nc2ccc(C(C)C)cc2)cc1C. The Kier molecular flexibility index (Phi) is 7.53. The number of carbonyl (C=O) groups is 2. The molecule has 0 fully saturated rings. The van der Waals surface area contributed by atoms with Crippen molar-refractivity contribution in [3.63, 3.8) is 0 Å². The molecule has 29 heavy (non-hydrogen) atoms. The minimum atomic E-state index is -3.84. The predicted molar refractivity (Wildman–Crippen MR) is 111 cm³/mol. The van der Waals surface area contributed by atoms with E-state index >= 15 is 0 Å². The number of esters is 1. The van der Waals surface area contributed by atoms with Gasteiger partial charge in [0.25, 0.3) is 5.91 Å². The van der Waals surface area contributed by atoms with E-state index in [1.165, 1.54) is 12.1 Å². The van der Waals surface area contributed by atoms with Crippen molar-refractivity contribution in [1.82, 2.24) is 4.72 Å². The van der Waals surface area contributed by atoms with Crippen molar-refractivity contribution in [3.8, 4) is 0 Å². The molecule has 0 aromatic heterocycles. The fourth-order valence-corrected chi connectivity index (χ4v) is 3.52. The summed E-state index contributed by atoms with van der Waals surface area (Å²) in [6, 6.07) is 12.1. The first-order chi connectivity index (χ1) is 13.6. The highest BCUT2D eigenvalue weighted by molar-refractivity contribution is 7.89. The molecule has 2 N–H and O–H groups in total. The minimum Gasteiger partial charge on any atom is -0.455 e. The number of carbonyl (C=O) groups excluding carboxylic acids is 2. The average Bonchev–Trinajstić information content (AvgIpc) is 2.67. The lowest BCUT2D eigenvalue weighted by Crippen LogP contribution is -2.32. The number of amides is 1. The first-order valence-corrected chi connectivity index (χ1v) is 10.7. The Labute approximate surface area is 171 Å². The van der Waals surface area contributed by atoms with E-state index in [-0.39, 0.29) is 4.90 Å². The smallest absolute Gasteiger partial charge is 0.321 e. The lowest BCUT2D eigenvalue weighted by Gasteiger charge is -2.10. The quantitative estimate of drug-likeness (QED) is 0.642. The van der Waals surface area contributed by atoms with Gasteiger partial charge in [-0.15, -0.1) is 0 Å². The lowest BCUT2D eigenvalue weighted by molar-refractivity contribution is -0.146. The van der Waals surface area contributed by atoms with Crippen molar-refractivity contribution in [1.29, 1.82) is 0 Å². The van der Waals surface area contributed by atoms with Crippen LogP contribution in [0.1, 0.15) is 36.5 Å². The maximum absolute atomic E-state index is 12.3. The Morgan fingerprint density at radius 1 is 1.00 bits per heavy atom. The topological polar surface area (TPSA) is 102 Å².